The van der Waals surface area contributed by atoms with E-state index >= 15 is 0 Å². The van der Waals surface area contributed by atoms with Gasteiger partial charge in [0.05, 0.1) is 22.0 Å². The summed E-state index contributed by atoms with van der Waals surface area (Å²) in [5.74, 6) is 0. The highest BCUT2D eigenvalue weighted by Gasteiger charge is 2.27. The maximum Gasteiger partial charge on any atom is 0.0847 e. The van der Waals surface area contributed by atoms with Crippen LogP contribution >= 0.6 is 11.6 Å². The number of dihydropyridines is 1. The van der Waals surface area contributed by atoms with E-state index < -0.39 is 0 Å². The zero-order chi connectivity index (χ0) is 11.2. The first-order valence-electron chi connectivity index (χ1n) is 4.87. The molecular weight excluding hydrogens is 208 g/mol. The van der Waals surface area contributed by atoms with E-state index in [0.717, 1.165) is 16.9 Å². The number of halogens is 1. The van der Waals surface area contributed by atoms with Gasteiger partial charge in [0.15, 0.2) is 0 Å². The number of rotatable bonds is 0. The van der Waals surface area contributed by atoms with Gasteiger partial charge in [0.2, 0.25) is 0 Å². The van der Waals surface area contributed by atoms with Gasteiger partial charge in [-0.1, -0.05) is 17.7 Å². The molecule has 0 aromatic rings. The van der Waals surface area contributed by atoms with Crippen molar-refractivity contribution in [3.05, 3.63) is 34.4 Å². The summed E-state index contributed by atoms with van der Waals surface area (Å²) >= 11 is 6.10. The van der Waals surface area contributed by atoms with Gasteiger partial charge in [-0.3, -0.25) is 4.99 Å². The van der Waals surface area contributed by atoms with Crippen LogP contribution in [0.4, 0.5) is 0 Å². The van der Waals surface area contributed by atoms with E-state index in [-0.39, 0.29) is 5.54 Å². The Morgan fingerprint density at radius 1 is 1.33 bits per heavy atom. The summed E-state index contributed by atoms with van der Waals surface area (Å²) < 4.78 is 0. The molecule has 78 valence electrons. The molecule has 0 saturated heterocycles. The van der Waals surface area contributed by atoms with Crippen LogP contribution in [-0.2, 0) is 0 Å². The molecule has 0 fully saturated rings. The van der Waals surface area contributed by atoms with Crippen molar-refractivity contribution in [2.24, 2.45) is 4.99 Å². The second-order valence-electron chi connectivity index (χ2n) is 4.45. The summed E-state index contributed by atoms with van der Waals surface area (Å²) in [6, 6.07) is 0. The van der Waals surface area contributed by atoms with Gasteiger partial charge >= 0.3 is 0 Å². The molecule has 0 saturated carbocycles. The maximum atomic E-state index is 7.61. The Labute approximate surface area is 94.6 Å². The lowest BCUT2D eigenvalue weighted by Crippen LogP contribution is -2.25. The van der Waals surface area contributed by atoms with Gasteiger partial charge < -0.3 is 5.41 Å². The van der Waals surface area contributed by atoms with Crippen LogP contribution in [0.15, 0.2) is 39.4 Å². The highest BCUT2D eigenvalue weighted by atomic mass is 35.5. The molecule has 0 aromatic carbocycles. The zero-order valence-electron chi connectivity index (χ0n) is 9.06. The van der Waals surface area contributed by atoms with E-state index in [9.17, 15) is 0 Å². The van der Waals surface area contributed by atoms with Gasteiger partial charge in [-0.15, -0.1) is 0 Å². The van der Waals surface area contributed by atoms with Crippen molar-refractivity contribution in [2.75, 3.05) is 0 Å². The zero-order valence-corrected chi connectivity index (χ0v) is 9.81. The molecule has 0 amide bonds. The fourth-order valence-corrected chi connectivity index (χ4v) is 2.20. The first kappa shape index (κ1) is 10.4. The number of allylic oxidation sites excluding steroid dienone is 5. The number of fused-ring (bicyclic) bond motifs is 1. The molecule has 0 aromatic heterocycles. The first-order chi connectivity index (χ1) is 6.89. The highest BCUT2D eigenvalue weighted by molar-refractivity contribution is 6.50. The summed E-state index contributed by atoms with van der Waals surface area (Å²) in [5, 5.41) is 8.18. The summed E-state index contributed by atoms with van der Waals surface area (Å²) in [6.45, 7) is 6.12. The van der Waals surface area contributed by atoms with Gasteiger partial charge in [-0.05, 0) is 38.5 Å². The quantitative estimate of drug-likeness (QED) is 0.609. The molecule has 0 atom stereocenters. The number of nitrogens with zero attached hydrogens (tertiary/aromatic N) is 1. The summed E-state index contributed by atoms with van der Waals surface area (Å²) in [7, 11) is 0. The van der Waals surface area contributed by atoms with Crippen molar-refractivity contribution < 1.29 is 0 Å². The van der Waals surface area contributed by atoms with Crippen molar-refractivity contribution in [3.8, 4) is 0 Å². The smallest absolute Gasteiger partial charge is 0.0847 e. The minimum Gasteiger partial charge on any atom is -0.301 e. The van der Waals surface area contributed by atoms with Crippen molar-refractivity contribution in [1.82, 2.24) is 0 Å². The van der Waals surface area contributed by atoms with Gasteiger partial charge in [0.25, 0.3) is 0 Å². The van der Waals surface area contributed by atoms with Crippen molar-refractivity contribution in [1.29, 1.82) is 5.41 Å². The van der Waals surface area contributed by atoms with Crippen LogP contribution in [-0.4, -0.2) is 17.0 Å². The molecule has 15 heavy (non-hydrogen) atoms. The van der Waals surface area contributed by atoms with Gasteiger partial charge in [0.1, 0.15) is 0 Å². The fourth-order valence-electron chi connectivity index (χ4n) is 1.94. The van der Waals surface area contributed by atoms with Crippen LogP contribution in [0, 0.1) is 5.41 Å². The first-order valence-corrected chi connectivity index (χ1v) is 5.25. The molecule has 2 nitrogen and oxygen atoms in total. The van der Waals surface area contributed by atoms with Gasteiger partial charge in [-0.2, -0.15) is 0 Å². The lowest BCUT2D eigenvalue weighted by molar-refractivity contribution is 0.648. The monoisotopic (exact) mass is 220 g/mol. The molecule has 2 rings (SSSR count). The third kappa shape index (κ3) is 1.82. The topological polar surface area (TPSA) is 36.2 Å². The summed E-state index contributed by atoms with van der Waals surface area (Å²) in [4.78, 5) is 4.58. The Bertz CT molecular complexity index is 462. The van der Waals surface area contributed by atoms with E-state index in [2.05, 4.69) is 11.1 Å². The van der Waals surface area contributed by atoms with Crippen LogP contribution in [0.1, 0.15) is 20.8 Å². The average Bonchev–Trinajstić information content (AvgIpc) is 2.06. The second kappa shape index (κ2) is 3.17. The molecule has 1 heterocycles. The lowest BCUT2D eigenvalue weighted by atomic mass is 9.88. The Morgan fingerprint density at radius 3 is 2.67 bits per heavy atom. The molecular formula is C12H13ClN2. The van der Waals surface area contributed by atoms with Gasteiger partial charge in [0, 0.05) is 5.57 Å². The predicted octanol–water partition coefficient (Wildman–Crippen LogP) is 3.25. The Hall–Kier alpha value is -1.15. The SMILES string of the molecule is CC1=CC(C)(C)N=C2C(Cl)=CC(=N)C=C12. The minimum atomic E-state index is -0.204. The molecule has 0 unspecified atom stereocenters. The Balaban J connectivity index is 2.59. The second-order valence-corrected chi connectivity index (χ2v) is 4.85. The molecule has 1 N–H and O–H groups in total. The third-order valence-electron chi connectivity index (χ3n) is 2.46. The molecule has 0 spiro atoms. The van der Waals surface area contributed by atoms with Crippen LogP contribution in [0.5, 0.6) is 0 Å². The predicted molar refractivity (Wildman–Crippen MR) is 65.0 cm³/mol. The average molecular weight is 221 g/mol. The van der Waals surface area contributed by atoms with E-state index in [1.807, 2.05) is 26.8 Å². The normalized spacial score (nSPS) is 23.6. The lowest BCUT2D eigenvalue weighted by Gasteiger charge is -2.27. The van der Waals surface area contributed by atoms with Crippen LogP contribution in [0.2, 0.25) is 0 Å². The fraction of sp³-hybridized carbons (Fsp3) is 0.333. The molecule has 3 heteroatoms. The Kier molecular flexibility index (Phi) is 2.19. The van der Waals surface area contributed by atoms with E-state index in [4.69, 9.17) is 17.0 Å². The summed E-state index contributed by atoms with van der Waals surface area (Å²) in [6.07, 6.45) is 5.55. The number of nitrogens with one attached hydrogen (secondary N) is 1. The number of hydrogen-bond acceptors (Lipinski definition) is 2. The van der Waals surface area contributed by atoms with E-state index in [0.29, 0.717) is 10.7 Å². The largest absolute Gasteiger partial charge is 0.301 e. The molecule has 0 radical (unpaired) electrons. The molecule has 0 bridgehead atoms. The highest BCUT2D eigenvalue weighted by Crippen LogP contribution is 2.32. The van der Waals surface area contributed by atoms with Gasteiger partial charge in [-0.25, -0.2) is 0 Å². The standard InChI is InChI=1S/C12H13ClN2/c1-7-6-12(2,3)15-11-9(7)4-8(14)5-10(11)13/h4-6,14H,1-3H3. The van der Waals surface area contributed by atoms with Crippen LogP contribution in [0.3, 0.4) is 0 Å². The number of hydrogen-bond donors (Lipinski definition) is 1. The van der Waals surface area contributed by atoms with E-state index in [1.54, 1.807) is 6.08 Å². The van der Waals surface area contributed by atoms with Crippen molar-refractivity contribution in [3.63, 3.8) is 0 Å². The molecule has 1 aliphatic carbocycles. The minimum absolute atomic E-state index is 0.204. The molecule has 2 aliphatic rings. The van der Waals surface area contributed by atoms with E-state index in [1.165, 1.54) is 0 Å². The van der Waals surface area contributed by atoms with Crippen molar-refractivity contribution in [2.45, 2.75) is 26.3 Å². The van der Waals surface area contributed by atoms with Crippen LogP contribution in [0.25, 0.3) is 0 Å². The molecule has 1 aliphatic heterocycles. The Morgan fingerprint density at radius 2 is 2.00 bits per heavy atom. The summed E-state index contributed by atoms with van der Waals surface area (Å²) in [5.41, 5.74) is 3.16. The van der Waals surface area contributed by atoms with Crippen molar-refractivity contribution >= 4 is 23.0 Å². The maximum absolute atomic E-state index is 7.61. The number of aliphatic imine (C=N–C) groups is 1. The third-order valence-corrected chi connectivity index (χ3v) is 2.75. The van der Waals surface area contributed by atoms with Crippen LogP contribution < -0.4 is 0 Å².